The predicted molar refractivity (Wildman–Crippen MR) is 120 cm³/mol. The molecule has 1 aliphatic rings. The van der Waals surface area contributed by atoms with Gasteiger partial charge in [-0.25, -0.2) is 4.68 Å². The molecule has 4 rings (SSSR count). The van der Waals surface area contributed by atoms with Gasteiger partial charge in [0.15, 0.2) is 0 Å². The maximum Gasteiger partial charge on any atom is 0.251 e. The lowest BCUT2D eigenvalue weighted by Gasteiger charge is -2.35. The molecule has 0 aliphatic carbocycles. The van der Waals surface area contributed by atoms with Gasteiger partial charge >= 0.3 is 0 Å². The molecule has 2 aromatic carbocycles. The second-order valence-corrected chi connectivity index (χ2v) is 7.90. The Morgan fingerprint density at radius 3 is 2.40 bits per heavy atom. The molecule has 1 aliphatic heterocycles. The Morgan fingerprint density at radius 1 is 1.07 bits per heavy atom. The zero-order valence-electron chi connectivity index (χ0n) is 17.4. The third-order valence-electron chi connectivity index (χ3n) is 5.70. The lowest BCUT2D eigenvalue weighted by atomic mass is 10.0. The van der Waals surface area contributed by atoms with Crippen molar-refractivity contribution in [2.45, 2.75) is 32.2 Å². The summed E-state index contributed by atoms with van der Waals surface area (Å²) in [7, 11) is 0. The van der Waals surface area contributed by atoms with Crippen LogP contribution in [0.15, 0.2) is 60.7 Å². The fourth-order valence-corrected chi connectivity index (χ4v) is 4.13. The van der Waals surface area contributed by atoms with Gasteiger partial charge in [-0.15, -0.1) is 0 Å². The largest absolute Gasteiger partial charge is 0.384 e. The number of piperidine rings is 1. The minimum Gasteiger partial charge on any atom is -0.384 e. The summed E-state index contributed by atoms with van der Waals surface area (Å²) < 4.78 is 1.68. The zero-order chi connectivity index (χ0) is 20.9. The smallest absolute Gasteiger partial charge is 0.251 e. The fourth-order valence-electron chi connectivity index (χ4n) is 4.13. The molecular weight excluding hydrogens is 374 g/mol. The van der Waals surface area contributed by atoms with Crippen molar-refractivity contribution in [1.82, 2.24) is 20.0 Å². The highest BCUT2D eigenvalue weighted by Gasteiger charge is 2.23. The number of nitrogens with one attached hydrogen (secondary N) is 1. The first-order valence-electron chi connectivity index (χ1n) is 10.6. The number of amides is 1. The van der Waals surface area contributed by atoms with Crippen LogP contribution in [0.2, 0.25) is 0 Å². The average Bonchev–Trinajstić information content (AvgIpc) is 3.13. The Bertz CT molecular complexity index is 975. The van der Waals surface area contributed by atoms with Crippen molar-refractivity contribution in [3.05, 3.63) is 77.5 Å². The number of aryl methyl sites for hydroxylation is 1. The summed E-state index contributed by atoms with van der Waals surface area (Å²) in [4.78, 5) is 15.3. The first-order valence-corrected chi connectivity index (χ1v) is 10.6. The summed E-state index contributed by atoms with van der Waals surface area (Å²) in [5.74, 6) is 0.515. The van der Waals surface area contributed by atoms with Gasteiger partial charge in [-0.05, 0) is 62.7 Å². The average molecular weight is 404 g/mol. The second kappa shape index (κ2) is 9.13. The van der Waals surface area contributed by atoms with Gasteiger partial charge in [-0.2, -0.15) is 5.10 Å². The molecule has 0 radical (unpaired) electrons. The summed E-state index contributed by atoms with van der Waals surface area (Å²) in [5, 5.41) is 7.53. The molecule has 156 valence electrons. The van der Waals surface area contributed by atoms with Crippen LogP contribution >= 0.6 is 0 Å². The van der Waals surface area contributed by atoms with E-state index in [1.807, 2.05) is 43.3 Å². The molecule has 0 unspecified atom stereocenters. The molecule has 1 aromatic heterocycles. The van der Waals surface area contributed by atoms with E-state index in [-0.39, 0.29) is 11.9 Å². The summed E-state index contributed by atoms with van der Waals surface area (Å²) in [6, 6.07) is 19.9. The highest BCUT2D eigenvalue weighted by molar-refractivity contribution is 5.94. The van der Waals surface area contributed by atoms with Gasteiger partial charge in [-0.3, -0.25) is 9.69 Å². The van der Waals surface area contributed by atoms with E-state index < -0.39 is 0 Å². The molecule has 2 heterocycles. The number of nitrogens with zero attached hydrogens (tertiary/aromatic N) is 3. The van der Waals surface area contributed by atoms with Crippen LogP contribution in [0.3, 0.4) is 0 Å². The van der Waals surface area contributed by atoms with E-state index in [0.717, 1.165) is 24.5 Å². The van der Waals surface area contributed by atoms with Crippen molar-refractivity contribution in [3.8, 4) is 5.69 Å². The lowest BCUT2D eigenvalue weighted by Crippen LogP contribution is -2.40. The number of nitrogens with two attached hydrogens (primary N) is 1. The first kappa shape index (κ1) is 20.2. The quantitative estimate of drug-likeness (QED) is 0.658. The van der Waals surface area contributed by atoms with Crippen LogP contribution in [0.25, 0.3) is 5.69 Å². The van der Waals surface area contributed by atoms with E-state index in [4.69, 9.17) is 5.73 Å². The number of nitrogen functional groups attached to an aromatic ring is 1. The van der Waals surface area contributed by atoms with E-state index in [2.05, 4.69) is 39.6 Å². The number of hydrogen-bond donors (Lipinski definition) is 2. The van der Waals surface area contributed by atoms with Gasteiger partial charge in [0.25, 0.3) is 5.91 Å². The van der Waals surface area contributed by atoms with Crippen LogP contribution in [-0.2, 0) is 0 Å². The van der Waals surface area contributed by atoms with Gasteiger partial charge in [0.2, 0.25) is 0 Å². The van der Waals surface area contributed by atoms with E-state index in [0.29, 0.717) is 17.9 Å². The maximum atomic E-state index is 12.8. The zero-order valence-corrected chi connectivity index (χ0v) is 17.4. The molecule has 0 saturated carbocycles. The molecule has 1 fully saturated rings. The molecule has 0 bridgehead atoms. The highest BCUT2D eigenvalue weighted by atomic mass is 16.1. The lowest BCUT2D eigenvalue weighted by molar-refractivity contribution is 0.0924. The number of hydrogen-bond acceptors (Lipinski definition) is 4. The van der Waals surface area contributed by atoms with Gasteiger partial charge in [-0.1, -0.05) is 36.8 Å². The van der Waals surface area contributed by atoms with Gasteiger partial charge in [0, 0.05) is 18.2 Å². The van der Waals surface area contributed by atoms with E-state index in [1.165, 1.54) is 24.8 Å². The van der Waals surface area contributed by atoms with Crippen molar-refractivity contribution in [3.63, 3.8) is 0 Å². The van der Waals surface area contributed by atoms with Crippen LogP contribution in [0.5, 0.6) is 0 Å². The van der Waals surface area contributed by atoms with Gasteiger partial charge in [0.1, 0.15) is 5.82 Å². The van der Waals surface area contributed by atoms with Crippen molar-refractivity contribution < 1.29 is 4.79 Å². The number of rotatable bonds is 6. The summed E-state index contributed by atoms with van der Waals surface area (Å²) >= 11 is 0. The topological polar surface area (TPSA) is 76.2 Å². The molecule has 6 heteroatoms. The van der Waals surface area contributed by atoms with Crippen molar-refractivity contribution in [1.29, 1.82) is 0 Å². The van der Waals surface area contributed by atoms with Gasteiger partial charge in [0.05, 0.1) is 17.4 Å². The molecule has 0 spiro atoms. The SMILES string of the molecule is Cc1cc(N)n(-c2ccc(C(=O)NC[C@H](c3ccccc3)N3CCCCC3)cc2)n1. The van der Waals surface area contributed by atoms with Crippen LogP contribution in [0, 0.1) is 6.92 Å². The minimum atomic E-state index is -0.0656. The minimum absolute atomic E-state index is 0.0656. The summed E-state index contributed by atoms with van der Waals surface area (Å²) in [6.07, 6.45) is 3.72. The van der Waals surface area contributed by atoms with E-state index in [9.17, 15) is 4.79 Å². The Morgan fingerprint density at radius 2 is 1.77 bits per heavy atom. The molecule has 1 amide bonds. The highest BCUT2D eigenvalue weighted by Crippen LogP contribution is 2.24. The second-order valence-electron chi connectivity index (χ2n) is 7.90. The maximum absolute atomic E-state index is 12.8. The summed E-state index contributed by atoms with van der Waals surface area (Å²) in [6.45, 7) is 4.65. The number of carbonyl (C=O) groups excluding carboxylic acids is 1. The Kier molecular flexibility index (Phi) is 6.14. The van der Waals surface area contributed by atoms with Gasteiger partial charge < -0.3 is 11.1 Å². The van der Waals surface area contributed by atoms with Crippen molar-refractivity contribution in [2.75, 3.05) is 25.4 Å². The summed E-state index contributed by atoms with van der Waals surface area (Å²) in [5.41, 5.74) is 9.58. The Hall–Kier alpha value is -3.12. The monoisotopic (exact) mass is 403 g/mol. The molecule has 30 heavy (non-hydrogen) atoms. The van der Waals surface area contributed by atoms with Crippen molar-refractivity contribution in [2.24, 2.45) is 0 Å². The molecule has 6 nitrogen and oxygen atoms in total. The normalized spacial score (nSPS) is 15.6. The number of anilines is 1. The number of benzene rings is 2. The van der Waals surface area contributed by atoms with E-state index in [1.54, 1.807) is 4.68 Å². The first-order chi connectivity index (χ1) is 14.6. The van der Waals surface area contributed by atoms with Crippen LogP contribution in [0.1, 0.15) is 46.9 Å². The number of aromatic nitrogens is 2. The Labute approximate surface area is 177 Å². The molecule has 3 N–H and O–H groups in total. The Balaban J connectivity index is 1.44. The van der Waals surface area contributed by atoms with Crippen LogP contribution < -0.4 is 11.1 Å². The fraction of sp³-hybridized carbons (Fsp3) is 0.333. The molecule has 1 saturated heterocycles. The molecular formula is C24H29N5O. The van der Waals surface area contributed by atoms with Crippen LogP contribution in [-0.4, -0.2) is 40.2 Å². The third-order valence-corrected chi connectivity index (χ3v) is 5.70. The molecule has 1 atom stereocenters. The third kappa shape index (κ3) is 4.54. The van der Waals surface area contributed by atoms with Crippen molar-refractivity contribution >= 4 is 11.7 Å². The number of likely N-dealkylation sites (tertiary alicyclic amines) is 1. The standard InChI is InChI=1S/C24H29N5O/c1-18-16-23(25)29(27-18)21-12-10-20(11-13-21)24(30)26-17-22(19-8-4-2-5-9-19)28-14-6-3-7-15-28/h2,4-5,8-13,16,22H,3,6-7,14-15,17,25H2,1H3,(H,26,30)/t22-/m1/s1. The van der Waals surface area contributed by atoms with Crippen LogP contribution in [0.4, 0.5) is 5.82 Å². The molecule has 3 aromatic rings. The predicted octanol–water partition coefficient (Wildman–Crippen LogP) is 3.72. The number of carbonyl (C=O) groups is 1. The van der Waals surface area contributed by atoms with E-state index >= 15 is 0 Å².